The fraction of sp³-hybridized carbons (Fsp3) is 0.348. The summed E-state index contributed by atoms with van der Waals surface area (Å²) in [6.45, 7) is 4.03. The van der Waals surface area contributed by atoms with Gasteiger partial charge in [-0.25, -0.2) is 9.18 Å². The first kappa shape index (κ1) is 19.6. The summed E-state index contributed by atoms with van der Waals surface area (Å²) in [4.78, 5) is 12.2. The molecule has 1 aliphatic rings. The lowest BCUT2D eigenvalue weighted by molar-refractivity contribution is 0.0684. The Bertz CT molecular complexity index is 1040. The van der Waals surface area contributed by atoms with Crippen molar-refractivity contribution in [2.45, 2.75) is 39.0 Å². The van der Waals surface area contributed by atoms with Crippen LogP contribution < -0.4 is 5.32 Å². The minimum Gasteiger partial charge on any atom is -0.477 e. The Morgan fingerprint density at radius 2 is 2.14 bits per heavy atom. The first-order valence-electron chi connectivity index (χ1n) is 9.95. The summed E-state index contributed by atoms with van der Waals surface area (Å²) in [7, 11) is 0. The van der Waals surface area contributed by atoms with Gasteiger partial charge in [0, 0.05) is 41.7 Å². The summed E-state index contributed by atoms with van der Waals surface area (Å²) < 4.78 is 21.6. The van der Waals surface area contributed by atoms with Gasteiger partial charge in [-0.1, -0.05) is 30.3 Å². The zero-order valence-corrected chi connectivity index (χ0v) is 16.5. The second-order valence-electron chi connectivity index (χ2n) is 7.60. The monoisotopic (exact) mass is 396 g/mol. The van der Waals surface area contributed by atoms with E-state index in [1.807, 2.05) is 25.1 Å². The largest absolute Gasteiger partial charge is 0.477 e. The molecule has 2 aromatic carbocycles. The molecule has 0 spiro atoms. The van der Waals surface area contributed by atoms with Crippen molar-refractivity contribution in [2.75, 3.05) is 13.2 Å². The van der Waals surface area contributed by atoms with Gasteiger partial charge in [0.25, 0.3) is 0 Å². The molecule has 1 fully saturated rings. The number of rotatable bonds is 7. The number of hydrogen-bond donors (Lipinski definition) is 2. The van der Waals surface area contributed by atoms with Crippen molar-refractivity contribution < 1.29 is 19.0 Å². The molecule has 1 aliphatic heterocycles. The van der Waals surface area contributed by atoms with E-state index in [0.29, 0.717) is 18.7 Å². The number of ether oxygens (including phenoxy) is 1. The van der Waals surface area contributed by atoms with Crippen LogP contribution in [0.1, 0.15) is 40.0 Å². The van der Waals surface area contributed by atoms with E-state index in [9.17, 15) is 14.3 Å². The van der Waals surface area contributed by atoms with E-state index < -0.39 is 5.97 Å². The van der Waals surface area contributed by atoms with Gasteiger partial charge in [-0.2, -0.15) is 0 Å². The van der Waals surface area contributed by atoms with Gasteiger partial charge in [-0.15, -0.1) is 0 Å². The highest BCUT2D eigenvalue weighted by atomic mass is 19.1. The Labute approximate surface area is 169 Å². The maximum atomic E-state index is 14.3. The molecular weight excluding hydrogens is 371 g/mol. The van der Waals surface area contributed by atoms with Crippen molar-refractivity contribution in [1.29, 1.82) is 0 Å². The zero-order chi connectivity index (χ0) is 20.4. The van der Waals surface area contributed by atoms with Crippen LogP contribution in [0.2, 0.25) is 0 Å². The molecule has 6 heteroatoms. The van der Waals surface area contributed by atoms with Crippen molar-refractivity contribution >= 4 is 16.9 Å². The highest BCUT2D eigenvalue weighted by molar-refractivity contribution is 5.98. The summed E-state index contributed by atoms with van der Waals surface area (Å²) in [5.74, 6) is -1.35. The molecule has 2 heterocycles. The Morgan fingerprint density at radius 3 is 2.86 bits per heavy atom. The molecule has 5 nitrogen and oxygen atoms in total. The molecule has 0 aliphatic carbocycles. The number of carboxylic acids is 1. The van der Waals surface area contributed by atoms with Crippen molar-refractivity contribution in [3.63, 3.8) is 0 Å². The van der Waals surface area contributed by atoms with Gasteiger partial charge in [-0.3, -0.25) is 0 Å². The van der Waals surface area contributed by atoms with Crippen LogP contribution in [0, 0.1) is 12.7 Å². The molecule has 1 aromatic heterocycles. The maximum Gasteiger partial charge on any atom is 0.352 e. The first-order chi connectivity index (χ1) is 14.0. The minimum absolute atomic E-state index is 0.167. The van der Waals surface area contributed by atoms with Crippen molar-refractivity contribution in [1.82, 2.24) is 9.88 Å². The number of halogens is 1. The van der Waals surface area contributed by atoms with Crippen molar-refractivity contribution in [3.05, 3.63) is 70.7 Å². The van der Waals surface area contributed by atoms with Crippen LogP contribution >= 0.6 is 0 Å². The topological polar surface area (TPSA) is 63.5 Å². The Morgan fingerprint density at radius 1 is 1.31 bits per heavy atom. The third-order valence-electron chi connectivity index (χ3n) is 5.51. The van der Waals surface area contributed by atoms with Crippen LogP contribution in [0.5, 0.6) is 0 Å². The number of hydrogen-bond acceptors (Lipinski definition) is 3. The van der Waals surface area contributed by atoms with Crippen LogP contribution in [-0.2, 0) is 17.8 Å². The van der Waals surface area contributed by atoms with E-state index in [-0.39, 0.29) is 24.2 Å². The SMILES string of the molecule is Cc1ccc2c(CNCC3CCCO3)c(C(=O)O)n(Cc3ccccc3F)c2c1. The number of benzene rings is 2. The fourth-order valence-electron chi connectivity index (χ4n) is 4.08. The van der Waals surface area contributed by atoms with Gasteiger partial charge in [-0.05, 0) is 37.5 Å². The number of aromatic nitrogens is 1. The molecule has 0 radical (unpaired) electrons. The highest BCUT2D eigenvalue weighted by Crippen LogP contribution is 2.29. The summed E-state index contributed by atoms with van der Waals surface area (Å²) >= 11 is 0. The predicted octanol–water partition coefficient (Wildman–Crippen LogP) is 4.10. The third kappa shape index (κ3) is 4.04. The van der Waals surface area contributed by atoms with Gasteiger partial charge in [0.05, 0.1) is 12.6 Å². The normalized spacial score (nSPS) is 16.6. The van der Waals surface area contributed by atoms with Crippen LogP contribution in [0.3, 0.4) is 0 Å². The van der Waals surface area contributed by atoms with E-state index >= 15 is 0 Å². The number of fused-ring (bicyclic) bond motifs is 1. The smallest absolute Gasteiger partial charge is 0.352 e. The van der Waals surface area contributed by atoms with Gasteiger partial charge < -0.3 is 19.7 Å². The van der Waals surface area contributed by atoms with Gasteiger partial charge >= 0.3 is 5.97 Å². The minimum atomic E-state index is -1.01. The molecule has 3 aromatic rings. The molecular formula is C23H25FN2O3. The summed E-state index contributed by atoms with van der Waals surface area (Å²) in [5.41, 5.74) is 3.22. The maximum absolute atomic E-state index is 14.3. The number of aryl methyl sites for hydroxylation is 1. The Kier molecular flexibility index (Phi) is 5.65. The molecule has 0 amide bonds. The summed E-state index contributed by atoms with van der Waals surface area (Å²) in [6.07, 6.45) is 2.26. The molecule has 1 atom stereocenters. The van der Waals surface area contributed by atoms with E-state index in [4.69, 9.17) is 4.74 Å². The zero-order valence-electron chi connectivity index (χ0n) is 16.5. The van der Waals surface area contributed by atoms with E-state index in [1.165, 1.54) is 6.07 Å². The van der Waals surface area contributed by atoms with Crippen LogP contribution in [0.4, 0.5) is 4.39 Å². The second kappa shape index (κ2) is 8.35. The number of carboxylic acid groups (broad SMARTS) is 1. The van der Waals surface area contributed by atoms with Crippen molar-refractivity contribution in [3.8, 4) is 0 Å². The molecule has 2 N–H and O–H groups in total. The standard InChI is InChI=1S/C23H25FN2O3/c1-15-8-9-18-19(13-25-12-17-6-4-10-29-17)22(23(27)28)26(21(18)11-15)14-16-5-2-3-7-20(16)24/h2-3,5,7-9,11,17,25H,4,6,10,12-14H2,1H3,(H,27,28). The average Bonchev–Trinajstić information content (AvgIpc) is 3.30. The second-order valence-corrected chi connectivity index (χ2v) is 7.60. The average molecular weight is 396 g/mol. The Hall–Kier alpha value is -2.70. The van der Waals surface area contributed by atoms with Gasteiger partial charge in [0.15, 0.2) is 0 Å². The van der Waals surface area contributed by atoms with Gasteiger partial charge in [0.1, 0.15) is 11.5 Å². The van der Waals surface area contributed by atoms with Crippen molar-refractivity contribution in [2.24, 2.45) is 0 Å². The number of nitrogens with one attached hydrogen (secondary N) is 1. The summed E-state index contributed by atoms with van der Waals surface area (Å²) in [5, 5.41) is 14.2. The van der Waals surface area contributed by atoms with Crippen LogP contribution in [0.15, 0.2) is 42.5 Å². The summed E-state index contributed by atoms with van der Waals surface area (Å²) in [6, 6.07) is 12.4. The van der Waals surface area contributed by atoms with E-state index in [1.54, 1.807) is 22.8 Å². The number of aromatic carboxylic acids is 1. The molecule has 29 heavy (non-hydrogen) atoms. The third-order valence-corrected chi connectivity index (χ3v) is 5.51. The lowest BCUT2D eigenvalue weighted by atomic mass is 10.1. The molecule has 1 unspecified atom stereocenters. The van der Waals surface area contributed by atoms with Crippen LogP contribution in [0.25, 0.3) is 10.9 Å². The van der Waals surface area contributed by atoms with Gasteiger partial charge in [0.2, 0.25) is 0 Å². The molecule has 0 bridgehead atoms. The quantitative estimate of drug-likeness (QED) is 0.631. The first-order valence-corrected chi connectivity index (χ1v) is 9.95. The number of nitrogens with zero attached hydrogens (tertiary/aromatic N) is 1. The lowest BCUT2D eigenvalue weighted by Crippen LogP contribution is -2.26. The number of carbonyl (C=O) groups is 1. The molecule has 1 saturated heterocycles. The molecule has 4 rings (SSSR count). The fourth-order valence-corrected chi connectivity index (χ4v) is 4.08. The van der Waals surface area contributed by atoms with E-state index in [0.717, 1.165) is 41.5 Å². The van der Waals surface area contributed by atoms with E-state index in [2.05, 4.69) is 5.32 Å². The molecule has 0 saturated carbocycles. The highest BCUT2D eigenvalue weighted by Gasteiger charge is 2.23. The molecule has 152 valence electrons. The lowest BCUT2D eigenvalue weighted by Gasteiger charge is -2.12. The Balaban J connectivity index is 1.74. The van der Waals surface area contributed by atoms with Crippen LogP contribution in [-0.4, -0.2) is 34.9 Å². The predicted molar refractivity (Wildman–Crippen MR) is 110 cm³/mol.